The second-order valence-electron chi connectivity index (χ2n) is 3.99. The molecule has 0 bridgehead atoms. The van der Waals surface area contributed by atoms with Crippen molar-refractivity contribution in [3.05, 3.63) is 0 Å². The van der Waals surface area contributed by atoms with Crippen molar-refractivity contribution < 1.29 is 4.74 Å². The molecule has 1 heterocycles. The predicted octanol–water partition coefficient (Wildman–Crippen LogP) is 2.97. The molecule has 0 aromatic rings. The third-order valence-corrected chi connectivity index (χ3v) is 5.72. The van der Waals surface area contributed by atoms with Crippen LogP contribution < -0.4 is 0 Å². The van der Waals surface area contributed by atoms with Crippen LogP contribution in [0.4, 0.5) is 0 Å². The first-order chi connectivity index (χ1) is 5.57. The average molecular weight is 300 g/mol. The lowest BCUT2D eigenvalue weighted by Crippen LogP contribution is -2.42. The lowest BCUT2D eigenvalue weighted by atomic mass is 10.1. The van der Waals surface area contributed by atoms with Gasteiger partial charge in [0.15, 0.2) is 0 Å². The summed E-state index contributed by atoms with van der Waals surface area (Å²) < 4.78 is 6.96. The molecular weight excluding hydrogens is 283 g/mol. The molecule has 0 aromatic carbocycles. The van der Waals surface area contributed by atoms with Gasteiger partial charge in [0.2, 0.25) is 0 Å². The maximum Gasteiger partial charge on any atom is 0.0834 e. The van der Waals surface area contributed by atoms with Gasteiger partial charge < -0.3 is 4.74 Å². The van der Waals surface area contributed by atoms with E-state index in [0.717, 1.165) is 22.7 Å². The zero-order chi connectivity index (χ0) is 9.19. The maximum absolute atomic E-state index is 5.86. The summed E-state index contributed by atoms with van der Waals surface area (Å²) in [5, 5.41) is 0.709. The average Bonchev–Trinajstić information content (AvgIpc) is 2.05. The number of hydrogen-bond acceptors (Lipinski definition) is 2. The molecule has 1 fully saturated rings. The molecule has 2 atom stereocenters. The zero-order valence-electron chi connectivity index (χ0n) is 7.97. The summed E-state index contributed by atoms with van der Waals surface area (Å²) in [7, 11) is 0. The zero-order valence-corrected chi connectivity index (χ0v) is 10.9. The molecule has 3 heteroatoms. The van der Waals surface area contributed by atoms with E-state index in [-0.39, 0.29) is 5.60 Å². The van der Waals surface area contributed by atoms with Crippen molar-refractivity contribution in [1.82, 2.24) is 0 Å². The summed E-state index contributed by atoms with van der Waals surface area (Å²) in [5.74, 6) is 1.90. The second-order valence-corrected chi connectivity index (χ2v) is 5.98. The smallest absolute Gasteiger partial charge is 0.0834 e. The summed E-state index contributed by atoms with van der Waals surface area (Å²) in [6.45, 7) is 7.69. The predicted molar refractivity (Wildman–Crippen MR) is 64.3 cm³/mol. The summed E-state index contributed by atoms with van der Waals surface area (Å²) in [5.41, 5.74) is 0.136. The van der Waals surface area contributed by atoms with E-state index in [1.165, 1.54) is 0 Å². The summed E-state index contributed by atoms with van der Waals surface area (Å²) >= 11 is 4.48. The monoisotopic (exact) mass is 300 g/mol. The lowest BCUT2D eigenvalue weighted by Gasteiger charge is -2.37. The van der Waals surface area contributed by atoms with Gasteiger partial charge in [0.05, 0.1) is 12.2 Å². The molecule has 0 N–H and O–H groups in total. The molecule has 0 spiro atoms. The molecule has 0 aromatic heterocycles. The summed E-state index contributed by atoms with van der Waals surface area (Å²) in [6.07, 6.45) is 0. The molecule has 0 saturated carbocycles. The highest BCUT2D eigenvalue weighted by Crippen LogP contribution is 2.32. The highest BCUT2D eigenvalue weighted by molar-refractivity contribution is 14.1. The molecular formula is C9H17IOS. The standard InChI is InChI=1S/C9H17IOS/c1-7(2)8-4-11-9(3,5-10)6-12-8/h7-8H,4-6H2,1-3H3/t8-,9?/m0/s1. The van der Waals surface area contributed by atoms with E-state index >= 15 is 0 Å². The Balaban J connectivity index is 2.39. The summed E-state index contributed by atoms with van der Waals surface area (Å²) in [4.78, 5) is 0. The second kappa shape index (κ2) is 4.51. The first kappa shape index (κ1) is 11.1. The Morgan fingerprint density at radius 1 is 1.67 bits per heavy atom. The molecule has 1 unspecified atom stereocenters. The Kier molecular flexibility index (Phi) is 4.18. The Hall–Kier alpha value is 1.04. The van der Waals surface area contributed by atoms with E-state index in [1.807, 2.05) is 0 Å². The van der Waals surface area contributed by atoms with Gasteiger partial charge in [-0.3, -0.25) is 0 Å². The van der Waals surface area contributed by atoms with Crippen molar-refractivity contribution in [3.63, 3.8) is 0 Å². The fourth-order valence-electron chi connectivity index (χ4n) is 1.12. The van der Waals surface area contributed by atoms with Crippen LogP contribution in [0, 0.1) is 5.92 Å². The minimum Gasteiger partial charge on any atom is -0.372 e. The van der Waals surface area contributed by atoms with E-state index in [0.29, 0.717) is 5.25 Å². The van der Waals surface area contributed by atoms with E-state index in [9.17, 15) is 0 Å². The Labute approximate surface area is 93.2 Å². The maximum atomic E-state index is 5.86. The van der Waals surface area contributed by atoms with Crippen LogP contribution >= 0.6 is 34.4 Å². The van der Waals surface area contributed by atoms with Gasteiger partial charge in [0.1, 0.15) is 0 Å². The quantitative estimate of drug-likeness (QED) is 0.573. The summed E-state index contributed by atoms with van der Waals surface area (Å²) in [6, 6.07) is 0. The van der Waals surface area contributed by atoms with E-state index in [1.54, 1.807) is 0 Å². The number of thioether (sulfide) groups is 1. The van der Waals surface area contributed by atoms with Gasteiger partial charge in [-0.15, -0.1) is 0 Å². The lowest BCUT2D eigenvalue weighted by molar-refractivity contribution is -0.00352. The van der Waals surface area contributed by atoms with Crippen LogP contribution in [0.5, 0.6) is 0 Å². The van der Waals surface area contributed by atoms with Crippen LogP contribution in [-0.4, -0.2) is 27.6 Å². The van der Waals surface area contributed by atoms with Gasteiger partial charge in [0, 0.05) is 15.4 Å². The highest BCUT2D eigenvalue weighted by atomic mass is 127. The van der Waals surface area contributed by atoms with Crippen LogP contribution in [0.15, 0.2) is 0 Å². The topological polar surface area (TPSA) is 9.23 Å². The number of rotatable bonds is 2. The first-order valence-corrected chi connectivity index (χ1v) is 6.96. The van der Waals surface area contributed by atoms with Crippen molar-refractivity contribution in [1.29, 1.82) is 0 Å². The van der Waals surface area contributed by atoms with Gasteiger partial charge >= 0.3 is 0 Å². The fourth-order valence-corrected chi connectivity index (χ4v) is 3.28. The van der Waals surface area contributed by atoms with E-state index in [4.69, 9.17) is 4.74 Å². The van der Waals surface area contributed by atoms with Crippen molar-refractivity contribution >= 4 is 34.4 Å². The molecule has 1 saturated heterocycles. The molecule has 72 valence electrons. The van der Waals surface area contributed by atoms with Gasteiger partial charge in [-0.2, -0.15) is 11.8 Å². The van der Waals surface area contributed by atoms with Crippen molar-refractivity contribution in [2.24, 2.45) is 5.92 Å². The molecule has 1 nitrogen and oxygen atoms in total. The molecule has 1 aliphatic rings. The molecule has 0 radical (unpaired) electrons. The van der Waals surface area contributed by atoms with Crippen LogP contribution in [0.3, 0.4) is 0 Å². The largest absolute Gasteiger partial charge is 0.372 e. The fraction of sp³-hybridized carbons (Fsp3) is 1.00. The molecule has 12 heavy (non-hydrogen) atoms. The third kappa shape index (κ3) is 2.77. The normalized spacial score (nSPS) is 37.2. The van der Waals surface area contributed by atoms with Crippen LogP contribution in [-0.2, 0) is 4.74 Å². The highest BCUT2D eigenvalue weighted by Gasteiger charge is 2.32. The van der Waals surface area contributed by atoms with Gasteiger partial charge in [-0.05, 0) is 12.8 Å². The van der Waals surface area contributed by atoms with E-state index in [2.05, 4.69) is 55.1 Å². The third-order valence-electron chi connectivity index (χ3n) is 2.23. The SMILES string of the molecule is CC(C)[C@@H]1COC(C)(CI)CS1. The molecule has 0 aliphatic carbocycles. The van der Waals surface area contributed by atoms with Gasteiger partial charge in [-0.25, -0.2) is 0 Å². The van der Waals surface area contributed by atoms with Gasteiger partial charge in [0.25, 0.3) is 0 Å². The first-order valence-electron chi connectivity index (χ1n) is 4.39. The van der Waals surface area contributed by atoms with E-state index < -0.39 is 0 Å². The minimum absolute atomic E-state index is 0.136. The Morgan fingerprint density at radius 2 is 2.33 bits per heavy atom. The minimum atomic E-state index is 0.136. The molecule has 0 amide bonds. The molecule has 1 aliphatic heterocycles. The number of ether oxygens (including phenoxy) is 1. The Morgan fingerprint density at radius 3 is 2.67 bits per heavy atom. The number of hydrogen-bond donors (Lipinski definition) is 0. The number of alkyl halides is 1. The molecule has 1 rings (SSSR count). The van der Waals surface area contributed by atoms with Crippen molar-refractivity contribution in [2.75, 3.05) is 16.8 Å². The van der Waals surface area contributed by atoms with Crippen LogP contribution in [0.25, 0.3) is 0 Å². The van der Waals surface area contributed by atoms with Crippen LogP contribution in [0.2, 0.25) is 0 Å². The number of halogens is 1. The van der Waals surface area contributed by atoms with Crippen molar-refractivity contribution in [2.45, 2.75) is 31.6 Å². The van der Waals surface area contributed by atoms with Crippen molar-refractivity contribution in [3.8, 4) is 0 Å². The Bertz CT molecular complexity index is 141. The van der Waals surface area contributed by atoms with Crippen LogP contribution in [0.1, 0.15) is 20.8 Å². The van der Waals surface area contributed by atoms with Gasteiger partial charge in [-0.1, -0.05) is 36.4 Å².